The van der Waals surface area contributed by atoms with E-state index < -0.39 is 160 Å². The van der Waals surface area contributed by atoms with Crippen LogP contribution in [-0.2, 0) is 132 Å². The fourth-order valence-corrected chi connectivity index (χ4v) is 10.00. The molecular formula is C74H102N8O27. The minimum atomic E-state index is -1.62. The van der Waals surface area contributed by atoms with Gasteiger partial charge in [-0.3, -0.25) is 52.6 Å². The highest BCUT2D eigenvalue weighted by Crippen LogP contribution is 2.37. The molecule has 35 nitrogen and oxygen atoms in total. The molecule has 35 heteroatoms. The first-order chi connectivity index (χ1) is 51.0. The highest BCUT2D eigenvalue weighted by atomic mass is 16.7. The molecule has 2 amide bonds. The van der Waals surface area contributed by atoms with Gasteiger partial charge in [-0.2, -0.15) is 0 Å². The van der Waals surface area contributed by atoms with Gasteiger partial charge in [-0.05, 0) is 139 Å². The quantitative estimate of drug-likeness (QED) is 0.0155. The van der Waals surface area contributed by atoms with Crippen LogP contribution >= 0.6 is 0 Å². The van der Waals surface area contributed by atoms with E-state index in [9.17, 15) is 47.9 Å². The number of aryl methyl sites for hydroxylation is 1. The van der Waals surface area contributed by atoms with Crippen molar-refractivity contribution >= 4 is 59.6 Å². The summed E-state index contributed by atoms with van der Waals surface area (Å²) in [6.45, 7) is 23.1. The number of aromatic nitrogens is 3. The van der Waals surface area contributed by atoms with Crippen LogP contribution in [0.1, 0.15) is 115 Å². The number of aliphatic hydroxyl groups is 2. The molecule has 2 aliphatic carbocycles. The molecule has 0 spiro atoms. The van der Waals surface area contributed by atoms with Gasteiger partial charge < -0.3 is 91.9 Å². The monoisotopic (exact) mass is 1530 g/mol. The zero-order valence-corrected chi connectivity index (χ0v) is 64.2. The fourth-order valence-electron chi connectivity index (χ4n) is 10.00. The van der Waals surface area contributed by atoms with E-state index in [0.29, 0.717) is 38.2 Å². The number of nitrogens with zero attached hydrogens (tertiary/aromatic N) is 6. The minimum Gasteiger partial charge on any atom is -0.464 e. The molecule has 4 unspecified atom stereocenters. The van der Waals surface area contributed by atoms with Crippen LogP contribution in [0.25, 0.3) is 10.4 Å². The van der Waals surface area contributed by atoms with Gasteiger partial charge >= 0.3 is 47.8 Å². The van der Waals surface area contributed by atoms with Gasteiger partial charge in [0.1, 0.15) is 70.2 Å². The molecule has 1 aromatic heterocycles. The lowest BCUT2D eigenvalue weighted by molar-refractivity contribution is -0.286. The van der Waals surface area contributed by atoms with Crippen molar-refractivity contribution < 1.29 is 129 Å². The molecule has 4 atom stereocenters. The third-order valence-corrected chi connectivity index (χ3v) is 18.0. The van der Waals surface area contributed by atoms with Crippen LogP contribution in [0, 0.1) is 56.7 Å². The summed E-state index contributed by atoms with van der Waals surface area (Å²) in [6.07, 6.45) is 24.1. The number of azide groups is 1. The summed E-state index contributed by atoms with van der Waals surface area (Å²) in [7, 11) is 0. The molecule has 0 radical (unpaired) electrons. The molecule has 0 bridgehead atoms. The number of nitrogens with one attached hydrogen (secondary N) is 2. The average molecular weight is 1540 g/mol. The molecular weight excluding hydrogens is 1430 g/mol. The van der Waals surface area contributed by atoms with Gasteiger partial charge in [0.05, 0.1) is 72.3 Å². The van der Waals surface area contributed by atoms with Crippen molar-refractivity contribution in [3.63, 3.8) is 0 Å². The van der Waals surface area contributed by atoms with Crippen LogP contribution in [0.2, 0.25) is 0 Å². The van der Waals surface area contributed by atoms with Crippen LogP contribution in [0.4, 0.5) is 0 Å². The van der Waals surface area contributed by atoms with Gasteiger partial charge in [0.25, 0.3) is 0 Å². The summed E-state index contributed by atoms with van der Waals surface area (Å²) in [4.78, 5) is 127. The molecule has 4 fully saturated rings. The lowest BCUT2D eigenvalue weighted by atomic mass is 9.89. The Morgan fingerprint density at radius 1 is 0.587 bits per heavy atom. The van der Waals surface area contributed by atoms with Crippen molar-refractivity contribution in [3.05, 3.63) is 94.2 Å². The fraction of sp³-hybridized carbons (Fsp3) is 0.649. The van der Waals surface area contributed by atoms with Gasteiger partial charge in [-0.25, -0.2) is 0 Å². The summed E-state index contributed by atoms with van der Waals surface area (Å²) >= 11 is 0. The second-order valence-corrected chi connectivity index (χ2v) is 30.5. The van der Waals surface area contributed by atoms with Gasteiger partial charge in [0.2, 0.25) is 11.8 Å². The Hall–Kier alpha value is -9.05. The summed E-state index contributed by atoms with van der Waals surface area (Å²) < 4.78 is 83.2. The number of hydrogen-bond acceptors (Lipinski definition) is 30. The van der Waals surface area contributed by atoms with Gasteiger partial charge in [0.15, 0.2) is 41.6 Å². The topological polar surface area (TPSA) is 453 Å². The van der Waals surface area contributed by atoms with Gasteiger partial charge in [-0.1, -0.05) is 64.9 Å². The van der Waals surface area contributed by atoms with E-state index in [-0.39, 0.29) is 78.7 Å². The largest absolute Gasteiger partial charge is 0.464 e. The summed E-state index contributed by atoms with van der Waals surface area (Å²) in [6, 6.07) is 0. The summed E-state index contributed by atoms with van der Waals surface area (Å²) in [5.41, 5.74) is 2.81. The smallest absolute Gasteiger partial charge is 0.324 e. The molecule has 109 heavy (non-hydrogen) atoms. The van der Waals surface area contributed by atoms with Gasteiger partial charge in [0, 0.05) is 31.1 Å². The molecule has 7 heterocycles. The predicted octanol–water partition coefficient (Wildman–Crippen LogP) is 4.28. The Morgan fingerprint density at radius 3 is 1.36 bits per heavy atom. The van der Waals surface area contributed by atoms with E-state index >= 15 is 0 Å². The summed E-state index contributed by atoms with van der Waals surface area (Å²) in [5.74, 6) is -9.21. The zero-order chi connectivity index (χ0) is 80.9. The number of rotatable bonds is 25. The number of carbonyl (C=O) groups is 10. The SMILES string of the molecule is C#CCOC(=O)C(C)(CO)CO.CC1(C)OCC(C)(C(=O)OC(=O)C2(C)COC(C)(C)OC2)CO1.CC1(C)OCC(C)(C(=O)OCC(C)(COC(=O)C2(C)COC(C)(C)OC2)C(=O)OCc2cn(CCCNC(=O)C3C=C4C=CC=CC4OC3=O)nn2)CO1.[N-]=[N+]=NCCCNC(=O)C1C=C2C=CC=CC2OC1=O. The average Bonchev–Trinajstić information content (AvgIpc) is 1.01. The molecule has 9 rings (SSSR count). The van der Waals surface area contributed by atoms with Crippen molar-refractivity contribution in [1.82, 2.24) is 25.6 Å². The van der Waals surface area contributed by atoms with Crippen molar-refractivity contribution in [2.45, 2.75) is 158 Å². The maximum absolute atomic E-state index is 13.6. The van der Waals surface area contributed by atoms with Crippen LogP contribution in [0.5, 0.6) is 0 Å². The Labute approximate surface area is 631 Å². The van der Waals surface area contributed by atoms with E-state index in [2.05, 4.69) is 41.6 Å². The number of allylic oxidation sites excluding steroid dienone is 4. The predicted molar refractivity (Wildman–Crippen MR) is 378 cm³/mol. The standard InChI is InChI=1S/C37H50N4O13.C16H26O7.C13H14N4O3.C8H12O4/c1-33(2)50-20-36(6,21-51-33)31(45)48-18-35(5,19-49-32(46)37(7)22-52-34(3,4)53-23-37)30(44)47-17-25-16-41(40-39-25)14-10-13-38-28(42)26-15-24-11-8-9-12-27(24)54-29(26)43;1-13(2)19-7-15(5,8-20-13)11(17)23-12(18)16(6)9-21-14(3,4)22-10-16;14-17-16-7-3-6-15-12(18)10-8-9-4-1-2-5-11(9)20-13(10)19;1-3-4-12-7(11)8(2,5-9)6-10/h8-9,11-12,15-16,26-27H,10,13-14,17-23H2,1-7H3,(H,38,42);7-10H2,1-6H3;1-2,4-5,8,10-11H,3,6-7H2,(H,15,18);1,9-10H,4-6H2,2H3. The Kier molecular flexibility index (Phi) is 31.0. The second kappa shape index (κ2) is 38.1. The maximum Gasteiger partial charge on any atom is 0.324 e. The van der Waals surface area contributed by atoms with Crippen molar-refractivity contribution in [3.8, 4) is 12.3 Å². The van der Waals surface area contributed by atoms with E-state index in [1.807, 2.05) is 18.2 Å². The Morgan fingerprint density at radius 2 is 0.972 bits per heavy atom. The molecule has 4 N–H and O–H groups in total. The molecule has 600 valence electrons. The lowest BCUT2D eigenvalue weighted by Crippen LogP contribution is -2.53. The van der Waals surface area contributed by atoms with Crippen LogP contribution in [0.15, 0.2) is 83.2 Å². The van der Waals surface area contributed by atoms with Crippen molar-refractivity contribution in [2.75, 3.05) is 106 Å². The number of fused-ring (bicyclic) bond motifs is 2. The first kappa shape index (κ1) is 88.8. The third-order valence-electron chi connectivity index (χ3n) is 18.0. The van der Waals surface area contributed by atoms with E-state index in [0.717, 1.165) is 11.1 Å². The number of hydrogen-bond donors (Lipinski definition) is 4. The molecule has 1 aromatic rings. The Balaban J connectivity index is 0.000000274. The number of esters is 8. The summed E-state index contributed by atoms with van der Waals surface area (Å²) in [5, 5.41) is 34.3. The molecule has 4 saturated heterocycles. The van der Waals surface area contributed by atoms with E-state index in [1.165, 1.54) is 18.5 Å². The first-order valence-electron chi connectivity index (χ1n) is 35.2. The lowest BCUT2D eigenvalue weighted by Gasteiger charge is -2.41. The van der Waals surface area contributed by atoms with Crippen molar-refractivity contribution in [1.29, 1.82) is 0 Å². The number of aliphatic hydroxyl groups excluding tert-OH is 2. The molecule has 6 aliphatic heterocycles. The van der Waals surface area contributed by atoms with E-state index in [1.54, 1.807) is 132 Å². The first-order valence-corrected chi connectivity index (χ1v) is 35.2. The van der Waals surface area contributed by atoms with Crippen LogP contribution in [0.3, 0.4) is 0 Å². The molecule has 8 aliphatic rings. The van der Waals surface area contributed by atoms with Crippen LogP contribution < -0.4 is 10.6 Å². The zero-order valence-electron chi connectivity index (χ0n) is 64.2. The number of ether oxygens (including phenoxy) is 15. The maximum atomic E-state index is 13.6. The van der Waals surface area contributed by atoms with Crippen molar-refractivity contribution in [2.24, 2.45) is 49.4 Å². The minimum absolute atomic E-state index is 0.0370. The molecule has 0 saturated carbocycles. The number of amides is 2. The second-order valence-electron chi connectivity index (χ2n) is 30.5. The third kappa shape index (κ3) is 25.5. The number of carbonyl (C=O) groups excluding carboxylic acids is 10. The highest BCUT2D eigenvalue weighted by Gasteiger charge is 2.51. The Bertz CT molecular complexity index is 3620. The van der Waals surface area contributed by atoms with E-state index in [4.69, 9.17) is 88.5 Å². The number of terminal acetylenes is 1. The van der Waals surface area contributed by atoms with Crippen LogP contribution in [-0.4, -0.2) is 226 Å². The molecule has 0 aromatic carbocycles. The highest BCUT2D eigenvalue weighted by molar-refractivity contribution is 6.01. The van der Waals surface area contributed by atoms with Gasteiger partial charge in [-0.15, -0.1) is 11.5 Å². The normalized spacial score (nSPS) is 23.0.